The zero-order valence-corrected chi connectivity index (χ0v) is 20.0. The third-order valence-electron chi connectivity index (χ3n) is 6.19. The summed E-state index contributed by atoms with van der Waals surface area (Å²) in [5.74, 6) is 0.651. The van der Waals surface area contributed by atoms with Gasteiger partial charge in [0, 0.05) is 26.2 Å². The molecule has 178 valence electrons. The lowest BCUT2D eigenvalue weighted by Crippen LogP contribution is -2.57. The molecule has 0 aliphatic carbocycles. The molecule has 0 saturated carbocycles. The summed E-state index contributed by atoms with van der Waals surface area (Å²) in [7, 11) is 1.65. The lowest BCUT2D eigenvalue weighted by molar-refractivity contribution is -0.131. The number of methoxy groups -OCH3 is 1. The number of morpholine rings is 1. The quantitative estimate of drug-likeness (QED) is 0.722. The van der Waals surface area contributed by atoms with Gasteiger partial charge in [0.2, 0.25) is 5.91 Å². The van der Waals surface area contributed by atoms with Crippen LogP contribution in [0.2, 0.25) is 0 Å². The minimum atomic E-state index is -0.919. The molecule has 8 heteroatoms. The van der Waals surface area contributed by atoms with Crippen molar-refractivity contribution in [2.75, 3.05) is 46.5 Å². The molecule has 1 N–H and O–H groups in total. The Labute approximate surface area is 191 Å². The van der Waals surface area contributed by atoms with Crippen LogP contribution in [0.3, 0.4) is 0 Å². The van der Waals surface area contributed by atoms with E-state index in [4.69, 9.17) is 14.2 Å². The van der Waals surface area contributed by atoms with Crippen molar-refractivity contribution in [1.82, 2.24) is 15.1 Å². The molecule has 8 nitrogen and oxygen atoms in total. The van der Waals surface area contributed by atoms with Crippen molar-refractivity contribution in [2.24, 2.45) is 0 Å². The number of rotatable bonds is 6. The Morgan fingerprint density at radius 1 is 1.16 bits per heavy atom. The Bertz CT molecular complexity index is 786. The number of nitrogens with zero attached hydrogens (tertiary/aromatic N) is 2. The van der Waals surface area contributed by atoms with E-state index in [1.54, 1.807) is 12.0 Å². The Morgan fingerprint density at radius 3 is 2.41 bits per heavy atom. The maximum atomic E-state index is 13.3. The molecule has 2 atom stereocenters. The van der Waals surface area contributed by atoms with Crippen LogP contribution < -0.4 is 10.1 Å². The van der Waals surface area contributed by atoms with E-state index in [0.29, 0.717) is 32.7 Å². The fourth-order valence-corrected chi connectivity index (χ4v) is 4.36. The molecule has 3 rings (SSSR count). The highest BCUT2D eigenvalue weighted by atomic mass is 16.6. The van der Waals surface area contributed by atoms with E-state index in [9.17, 15) is 9.59 Å². The summed E-state index contributed by atoms with van der Waals surface area (Å²) in [6.45, 7) is 11.2. The molecule has 0 aromatic heterocycles. The number of carbonyl (C=O) groups is 2. The zero-order chi connectivity index (χ0) is 23.4. The average molecular weight is 448 g/mol. The van der Waals surface area contributed by atoms with Crippen LogP contribution in [0.4, 0.5) is 4.79 Å². The molecule has 2 aliphatic rings. The number of hydrogen-bond acceptors (Lipinski definition) is 6. The molecule has 2 unspecified atom stereocenters. The van der Waals surface area contributed by atoms with Crippen LogP contribution in [-0.4, -0.2) is 79.4 Å². The van der Waals surface area contributed by atoms with Crippen molar-refractivity contribution in [3.8, 4) is 5.75 Å². The highest BCUT2D eigenvalue weighted by Gasteiger charge is 2.47. The van der Waals surface area contributed by atoms with Gasteiger partial charge in [-0.05, 0) is 58.2 Å². The van der Waals surface area contributed by atoms with Crippen molar-refractivity contribution >= 4 is 12.0 Å². The highest BCUT2D eigenvalue weighted by molar-refractivity contribution is 5.90. The first-order valence-corrected chi connectivity index (χ1v) is 11.4. The summed E-state index contributed by atoms with van der Waals surface area (Å²) in [6, 6.07) is 7.96. The molecule has 0 spiro atoms. The van der Waals surface area contributed by atoms with Crippen LogP contribution in [0.1, 0.15) is 52.1 Å². The van der Waals surface area contributed by atoms with Crippen molar-refractivity contribution in [3.05, 3.63) is 29.8 Å². The summed E-state index contributed by atoms with van der Waals surface area (Å²) < 4.78 is 16.4. The van der Waals surface area contributed by atoms with Gasteiger partial charge in [-0.3, -0.25) is 14.6 Å². The normalized spacial score (nSPS) is 23.0. The molecule has 2 saturated heterocycles. The number of nitrogens with one attached hydrogen (secondary N) is 1. The van der Waals surface area contributed by atoms with Crippen molar-refractivity contribution in [3.63, 3.8) is 0 Å². The first kappa shape index (κ1) is 24.3. The molecule has 32 heavy (non-hydrogen) atoms. The number of ether oxygens (including phenoxy) is 3. The second-order valence-electron chi connectivity index (χ2n) is 9.66. The second-order valence-corrected chi connectivity index (χ2v) is 9.66. The van der Waals surface area contributed by atoms with Crippen LogP contribution in [0, 0.1) is 0 Å². The van der Waals surface area contributed by atoms with Gasteiger partial charge in [-0.2, -0.15) is 0 Å². The Hall–Kier alpha value is -2.32. The first-order valence-electron chi connectivity index (χ1n) is 11.4. The monoisotopic (exact) mass is 447 g/mol. The molecule has 2 fully saturated rings. The molecule has 1 aromatic rings. The van der Waals surface area contributed by atoms with Gasteiger partial charge in [0.25, 0.3) is 0 Å². The van der Waals surface area contributed by atoms with Crippen LogP contribution in [0.15, 0.2) is 24.3 Å². The van der Waals surface area contributed by atoms with Crippen LogP contribution >= 0.6 is 0 Å². The van der Waals surface area contributed by atoms with Gasteiger partial charge in [0.1, 0.15) is 16.9 Å². The van der Waals surface area contributed by atoms with Gasteiger partial charge >= 0.3 is 6.09 Å². The standard InChI is InChI=1S/C24H37N3O5/c1-23(2,3)32-22(29)27-12-6-11-24(27,4)21(28)25-17-20(26-13-15-31-16-14-26)18-7-9-19(30-5)10-8-18/h7-10,20H,6,11-17H2,1-5H3,(H,25,28). The molecule has 0 bridgehead atoms. The lowest BCUT2D eigenvalue weighted by Gasteiger charge is -2.37. The third kappa shape index (κ3) is 5.72. The Morgan fingerprint density at radius 2 is 1.81 bits per heavy atom. The summed E-state index contributed by atoms with van der Waals surface area (Å²) in [5.41, 5.74) is -0.418. The highest BCUT2D eigenvalue weighted by Crippen LogP contribution is 2.31. The number of benzene rings is 1. The Kier molecular flexibility index (Phi) is 7.67. The average Bonchev–Trinajstić information content (AvgIpc) is 3.17. The third-order valence-corrected chi connectivity index (χ3v) is 6.19. The molecular weight excluding hydrogens is 410 g/mol. The summed E-state index contributed by atoms with van der Waals surface area (Å²) in [6.07, 6.45) is 0.949. The van der Waals surface area contributed by atoms with Gasteiger partial charge in [-0.15, -0.1) is 0 Å². The van der Waals surface area contributed by atoms with Gasteiger partial charge < -0.3 is 19.5 Å². The minimum Gasteiger partial charge on any atom is -0.497 e. The van der Waals surface area contributed by atoms with E-state index in [1.807, 2.05) is 52.0 Å². The predicted octanol–water partition coefficient (Wildman–Crippen LogP) is 2.97. The topological polar surface area (TPSA) is 80.3 Å². The lowest BCUT2D eigenvalue weighted by atomic mass is 9.97. The van der Waals surface area contributed by atoms with Crippen molar-refractivity contribution in [2.45, 2.75) is 57.7 Å². The van der Waals surface area contributed by atoms with E-state index >= 15 is 0 Å². The fraction of sp³-hybridized carbons (Fsp3) is 0.667. The van der Waals surface area contributed by atoms with Crippen LogP contribution in [-0.2, 0) is 14.3 Å². The maximum absolute atomic E-state index is 13.3. The second kappa shape index (κ2) is 10.1. The van der Waals surface area contributed by atoms with E-state index in [-0.39, 0.29) is 11.9 Å². The maximum Gasteiger partial charge on any atom is 0.411 e. The Balaban J connectivity index is 1.72. The number of amides is 2. The molecule has 0 radical (unpaired) electrons. The van der Waals surface area contributed by atoms with E-state index in [2.05, 4.69) is 10.2 Å². The molecule has 2 aliphatic heterocycles. The number of likely N-dealkylation sites (tertiary alicyclic amines) is 1. The van der Waals surface area contributed by atoms with Crippen LogP contribution in [0.5, 0.6) is 5.75 Å². The van der Waals surface area contributed by atoms with Crippen molar-refractivity contribution < 1.29 is 23.8 Å². The predicted molar refractivity (Wildman–Crippen MR) is 122 cm³/mol. The fourth-order valence-electron chi connectivity index (χ4n) is 4.36. The largest absolute Gasteiger partial charge is 0.497 e. The van der Waals surface area contributed by atoms with E-state index in [1.165, 1.54) is 0 Å². The van der Waals surface area contributed by atoms with E-state index < -0.39 is 17.2 Å². The molecule has 1 aromatic carbocycles. The molecule has 2 amide bonds. The van der Waals surface area contributed by atoms with Crippen LogP contribution in [0.25, 0.3) is 0 Å². The summed E-state index contributed by atoms with van der Waals surface area (Å²) in [5, 5.41) is 3.14. The first-order chi connectivity index (χ1) is 15.1. The smallest absolute Gasteiger partial charge is 0.411 e. The molecule has 2 heterocycles. The van der Waals surface area contributed by atoms with Gasteiger partial charge in [-0.25, -0.2) is 4.79 Å². The zero-order valence-electron chi connectivity index (χ0n) is 20.0. The SMILES string of the molecule is COc1ccc(C(CNC(=O)C2(C)CCCN2C(=O)OC(C)(C)C)N2CCOCC2)cc1. The number of carbonyl (C=O) groups excluding carboxylic acids is 2. The van der Waals surface area contributed by atoms with Gasteiger partial charge in [0.15, 0.2) is 0 Å². The number of hydrogen-bond donors (Lipinski definition) is 1. The van der Waals surface area contributed by atoms with E-state index in [0.717, 1.165) is 30.8 Å². The minimum absolute atomic E-state index is 0.00809. The summed E-state index contributed by atoms with van der Waals surface area (Å²) in [4.78, 5) is 30.0. The van der Waals surface area contributed by atoms with Gasteiger partial charge in [0.05, 0.1) is 26.4 Å². The summed E-state index contributed by atoms with van der Waals surface area (Å²) >= 11 is 0. The molecular formula is C24H37N3O5. The van der Waals surface area contributed by atoms with Gasteiger partial charge in [-0.1, -0.05) is 12.1 Å². The van der Waals surface area contributed by atoms with Crippen molar-refractivity contribution in [1.29, 1.82) is 0 Å².